The lowest BCUT2D eigenvalue weighted by atomic mass is 9.71. The maximum Gasteiger partial charge on any atom is 0.270 e. The molecule has 7 heteroatoms. The minimum absolute atomic E-state index is 0.0692. The number of amides is 2. The number of ether oxygens (including phenoxy) is 1. The first kappa shape index (κ1) is 17.9. The number of aliphatic hydroxyl groups is 1. The van der Waals surface area contributed by atoms with Crippen LogP contribution in [-0.4, -0.2) is 71.6 Å². The average Bonchev–Trinajstić information content (AvgIpc) is 3.10. The van der Waals surface area contributed by atoms with Crippen LogP contribution in [0.4, 0.5) is 0 Å². The Morgan fingerprint density at radius 2 is 2.07 bits per heavy atom. The predicted molar refractivity (Wildman–Crippen MR) is 101 cm³/mol. The highest BCUT2D eigenvalue weighted by Crippen LogP contribution is 2.41. The molecule has 0 saturated carbocycles. The molecule has 2 amide bonds. The second-order valence-electron chi connectivity index (χ2n) is 7.72. The molecule has 0 aliphatic carbocycles. The standard InChI is InChI=1S/C20H25N3O4/c1-22-12-13(24)11-20(19(22)26)6-8-23(9-7-20)18(25)16-10-14-15(21-16)4-3-5-17(14)27-2/h3-5,10,13,21,24H,6-9,11-12H2,1-2H3. The molecule has 2 aliphatic rings. The average molecular weight is 371 g/mol. The molecule has 1 atom stereocenters. The molecular weight excluding hydrogens is 346 g/mol. The smallest absolute Gasteiger partial charge is 0.270 e. The van der Waals surface area contributed by atoms with E-state index in [9.17, 15) is 14.7 Å². The number of benzene rings is 1. The van der Waals surface area contributed by atoms with Gasteiger partial charge in [0.15, 0.2) is 0 Å². The number of methoxy groups -OCH3 is 1. The van der Waals surface area contributed by atoms with E-state index in [2.05, 4.69) is 4.98 Å². The number of nitrogens with one attached hydrogen (secondary N) is 1. The number of aromatic nitrogens is 1. The molecule has 1 spiro atoms. The molecular formula is C20H25N3O4. The molecule has 3 heterocycles. The molecule has 4 rings (SSSR count). The van der Waals surface area contributed by atoms with Gasteiger partial charge >= 0.3 is 0 Å². The van der Waals surface area contributed by atoms with Gasteiger partial charge in [0.05, 0.1) is 18.6 Å². The van der Waals surface area contributed by atoms with Crippen molar-refractivity contribution < 1.29 is 19.4 Å². The van der Waals surface area contributed by atoms with E-state index < -0.39 is 11.5 Å². The van der Waals surface area contributed by atoms with Crippen LogP contribution in [-0.2, 0) is 4.79 Å². The Morgan fingerprint density at radius 3 is 2.78 bits per heavy atom. The third-order valence-corrected chi connectivity index (χ3v) is 5.99. The molecule has 7 nitrogen and oxygen atoms in total. The molecule has 2 N–H and O–H groups in total. The molecule has 27 heavy (non-hydrogen) atoms. The zero-order valence-electron chi connectivity index (χ0n) is 15.7. The van der Waals surface area contributed by atoms with E-state index in [4.69, 9.17) is 4.74 Å². The second kappa shape index (κ2) is 6.56. The maximum atomic E-state index is 13.0. The van der Waals surface area contributed by atoms with Gasteiger partial charge in [0.1, 0.15) is 11.4 Å². The number of carbonyl (C=O) groups is 2. The maximum absolute atomic E-state index is 13.0. The van der Waals surface area contributed by atoms with Crippen LogP contribution in [0.2, 0.25) is 0 Å². The van der Waals surface area contributed by atoms with E-state index in [0.717, 1.165) is 16.7 Å². The predicted octanol–water partition coefficient (Wildman–Crippen LogP) is 1.62. The summed E-state index contributed by atoms with van der Waals surface area (Å²) in [5, 5.41) is 11.0. The van der Waals surface area contributed by atoms with Crippen molar-refractivity contribution in [2.45, 2.75) is 25.4 Å². The van der Waals surface area contributed by atoms with Crippen LogP contribution in [0.5, 0.6) is 5.75 Å². The summed E-state index contributed by atoms with van der Waals surface area (Å²) in [6.45, 7) is 1.41. The number of likely N-dealkylation sites (tertiary alicyclic amines) is 2. The fourth-order valence-corrected chi connectivity index (χ4v) is 4.55. The van der Waals surface area contributed by atoms with Gasteiger partial charge in [-0.2, -0.15) is 0 Å². The summed E-state index contributed by atoms with van der Waals surface area (Å²) in [6, 6.07) is 7.49. The number of likely N-dealkylation sites (N-methyl/N-ethyl adjacent to an activating group) is 1. The summed E-state index contributed by atoms with van der Waals surface area (Å²) in [6.07, 6.45) is 1.17. The van der Waals surface area contributed by atoms with Crippen molar-refractivity contribution >= 4 is 22.7 Å². The monoisotopic (exact) mass is 371 g/mol. The highest BCUT2D eigenvalue weighted by molar-refractivity contribution is 5.99. The first-order valence-electron chi connectivity index (χ1n) is 9.32. The number of hydrogen-bond donors (Lipinski definition) is 2. The van der Waals surface area contributed by atoms with E-state index in [1.54, 1.807) is 24.0 Å². The first-order chi connectivity index (χ1) is 12.9. The molecule has 2 aromatic rings. The fraction of sp³-hybridized carbons (Fsp3) is 0.500. The third kappa shape index (κ3) is 2.96. The minimum Gasteiger partial charge on any atom is -0.496 e. The van der Waals surface area contributed by atoms with Crippen LogP contribution in [0.3, 0.4) is 0 Å². The van der Waals surface area contributed by atoms with Crippen LogP contribution >= 0.6 is 0 Å². The van der Waals surface area contributed by atoms with Crippen molar-refractivity contribution in [1.82, 2.24) is 14.8 Å². The number of nitrogens with zero attached hydrogens (tertiary/aromatic N) is 2. The first-order valence-corrected chi connectivity index (χ1v) is 9.32. The number of aromatic amines is 1. The normalized spacial score (nSPS) is 22.5. The van der Waals surface area contributed by atoms with Crippen molar-refractivity contribution in [1.29, 1.82) is 0 Å². The molecule has 0 radical (unpaired) electrons. The number of hydrogen-bond acceptors (Lipinski definition) is 4. The molecule has 2 fully saturated rings. The minimum atomic E-state index is -0.535. The van der Waals surface area contributed by atoms with Crippen molar-refractivity contribution in [3.8, 4) is 5.75 Å². The van der Waals surface area contributed by atoms with Crippen molar-refractivity contribution in [3.63, 3.8) is 0 Å². The Bertz CT molecular complexity index is 882. The fourth-order valence-electron chi connectivity index (χ4n) is 4.55. The van der Waals surface area contributed by atoms with Gasteiger partial charge in [0, 0.05) is 37.6 Å². The summed E-state index contributed by atoms with van der Waals surface area (Å²) in [7, 11) is 3.35. The molecule has 1 aromatic heterocycles. The number of β-amino-alcohol motifs (C(OH)–C–C–N with tert-alkyl or cyclic N) is 1. The van der Waals surface area contributed by atoms with Crippen LogP contribution in [0, 0.1) is 5.41 Å². The highest BCUT2D eigenvalue weighted by Gasteiger charge is 2.48. The van der Waals surface area contributed by atoms with Gasteiger partial charge in [-0.15, -0.1) is 0 Å². The second-order valence-corrected chi connectivity index (χ2v) is 7.72. The summed E-state index contributed by atoms with van der Waals surface area (Å²) < 4.78 is 5.36. The van der Waals surface area contributed by atoms with Crippen LogP contribution < -0.4 is 4.74 Å². The lowest BCUT2D eigenvalue weighted by Gasteiger charge is -2.46. The van der Waals surface area contributed by atoms with Crippen molar-refractivity contribution in [2.75, 3.05) is 33.8 Å². The summed E-state index contributed by atoms with van der Waals surface area (Å²) in [4.78, 5) is 32.2. The highest BCUT2D eigenvalue weighted by atomic mass is 16.5. The van der Waals surface area contributed by atoms with Gasteiger partial charge in [-0.1, -0.05) is 6.07 Å². The third-order valence-electron chi connectivity index (χ3n) is 5.99. The van der Waals surface area contributed by atoms with Crippen LogP contribution in [0.25, 0.3) is 10.9 Å². The summed E-state index contributed by atoms with van der Waals surface area (Å²) in [5.74, 6) is 0.751. The summed E-state index contributed by atoms with van der Waals surface area (Å²) >= 11 is 0. The van der Waals surface area contributed by atoms with Gasteiger partial charge in [-0.3, -0.25) is 9.59 Å². The number of piperidine rings is 2. The van der Waals surface area contributed by atoms with Crippen LogP contribution in [0.15, 0.2) is 24.3 Å². The lowest BCUT2D eigenvalue weighted by molar-refractivity contribution is -0.154. The molecule has 1 aromatic carbocycles. The Morgan fingerprint density at radius 1 is 1.33 bits per heavy atom. The largest absolute Gasteiger partial charge is 0.496 e. The van der Waals surface area contributed by atoms with E-state index in [-0.39, 0.29) is 11.8 Å². The van der Waals surface area contributed by atoms with Crippen LogP contribution in [0.1, 0.15) is 29.8 Å². The van der Waals surface area contributed by atoms with Crippen molar-refractivity contribution in [2.24, 2.45) is 5.41 Å². The molecule has 0 bridgehead atoms. The zero-order valence-corrected chi connectivity index (χ0v) is 15.7. The SMILES string of the molecule is COc1cccc2[nH]c(C(=O)N3CCC4(CC3)CC(O)CN(C)C4=O)cc12. The van der Waals surface area contributed by atoms with Gasteiger partial charge in [-0.25, -0.2) is 0 Å². The quantitative estimate of drug-likeness (QED) is 0.840. The zero-order chi connectivity index (χ0) is 19.2. The van der Waals surface area contributed by atoms with Gasteiger partial charge in [0.2, 0.25) is 5.91 Å². The Labute approximate surface area is 157 Å². The summed E-state index contributed by atoms with van der Waals surface area (Å²) in [5.41, 5.74) is 0.850. The Kier molecular flexibility index (Phi) is 4.34. The van der Waals surface area contributed by atoms with E-state index in [0.29, 0.717) is 44.6 Å². The molecule has 1 unspecified atom stereocenters. The Hall–Kier alpha value is -2.54. The van der Waals surface area contributed by atoms with Gasteiger partial charge < -0.3 is 24.6 Å². The van der Waals surface area contributed by atoms with Gasteiger partial charge in [-0.05, 0) is 37.5 Å². The number of rotatable bonds is 2. The van der Waals surface area contributed by atoms with E-state index in [1.807, 2.05) is 24.3 Å². The number of fused-ring (bicyclic) bond motifs is 1. The molecule has 144 valence electrons. The van der Waals surface area contributed by atoms with E-state index in [1.165, 1.54) is 0 Å². The molecule has 2 saturated heterocycles. The lowest BCUT2D eigenvalue weighted by Crippen LogP contribution is -2.56. The van der Waals surface area contributed by atoms with E-state index >= 15 is 0 Å². The van der Waals surface area contributed by atoms with Crippen molar-refractivity contribution in [3.05, 3.63) is 30.0 Å². The topological polar surface area (TPSA) is 85.9 Å². The Balaban J connectivity index is 1.51. The number of carbonyl (C=O) groups excluding carboxylic acids is 2. The number of aliphatic hydroxyl groups excluding tert-OH is 1. The van der Waals surface area contributed by atoms with Gasteiger partial charge in [0.25, 0.3) is 5.91 Å². The molecule has 2 aliphatic heterocycles. The number of H-pyrrole nitrogens is 1.